The number of aromatic nitrogens is 2. The molecule has 0 bridgehead atoms. The Balaban J connectivity index is 1.45. The molecule has 2 fully saturated rings. The van der Waals surface area contributed by atoms with Crippen LogP contribution >= 0.6 is 0 Å². The van der Waals surface area contributed by atoms with Gasteiger partial charge in [0, 0.05) is 44.1 Å². The number of anilines is 3. The second-order valence-electron chi connectivity index (χ2n) is 7.65. The Morgan fingerprint density at radius 3 is 2.63 bits per heavy atom. The van der Waals surface area contributed by atoms with Gasteiger partial charge in [0.25, 0.3) is 0 Å². The Morgan fingerprint density at radius 1 is 1.15 bits per heavy atom. The number of piperazine rings is 1. The van der Waals surface area contributed by atoms with Crippen LogP contribution in [0, 0.1) is 31.1 Å². The first-order valence-electron chi connectivity index (χ1n) is 9.72. The summed E-state index contributed by atoms with van der Waals surface area (Å²) < 4.78 is 0. The Labute approximate surface area is 160 Å². The van der Waals surface area contributed by atoms with Gasteiger partial charge in [-0.1, -0.05) is 6.07 Å². The van der Waals surface area contributed by atoms with Crippen molar-refractivity contribution in [3.63, 3.8) is 0 Å². The van der Waals surface area contributed by atoms with Crippen LogP contribution in [0.2, 0.25) is 0 Å². The highest BCUT2D eigenvalue weighted by molar-refractivity contribution is 5.67. The Bertz CT molecular complexity index is 859. The van der Waals surface area contributed by atoms with E-state index < -0.39 is 0 Å². The lowest BCUT2D eigenvalue weighted by Gasteiger charge is -2.36. The summed E-state index contributed by atoms with van der Waals surface area (Å²) in [6.45, 7) is 9.44. The van der Waals surface area contributed by atoms with E-state index in [2.05, 4.69) is 49.6 Å². The van der Waals surface area contributed by atoms with Crippen LogP contribution in [0.4, 0.5) is 17.2 Å². The van der Waals surface area contributed by atoms with E-state index in [1.165, 1.54) is 25.1 Å². The quantitative estimate of drug-likeness (QED) is 0.881. The van der Waals surface area contributed by atoms with E-state index in [9.17, 15) is 5.26 Å². The van der Waals surface area contributed by atoms with Gasteiger partial charge in [-0.25, -0.2) is 0 Å². The van der Waals surface area contributed by atoms with E-state index >= 15 is 0 Å². The number of aryl methyl sites for hydroxylation is 1. The van der Waals surface area contributed by atoms with Crippen LogP contribution in [-0.2, 0) is 0 Å². The lowest BCUT2D eigenvalue weighted by atomic mass is 10.1. The van der Waals surface area contributed by atoms with Gasteiger partial charge < -0.3 is 10.2 Å². The minimum atomic E-state index is 0.520. The predicted octanol–water partition coefficient (Wildman–Crippen LogP) is 3.24. The van der Waals surface area contributed by atoms with Gasteiger partial charge in [-0.3, -0.25) is 4.90 Å². The maximum Gasteiger partial charge on any atom is 0.171 e. The molecule has 6 heteroatoms. The van der Waals surface area contributed by atoms with E-state index in [1.807, 2.05) is 19.9 Å². The smallest absolute Gasteiger partial charge is 0.171 e. The van der Waals surface area contributed by atoms with Gasteiger partial charge in [0.05, 0.1) is 5.69 Å². The summed E-state index contributed by atoms with van der Waals surface area (Å²) >= 11 is 0. The molecule has 0 spiro atoms. The van der Waals surface area contributed by atoms with Gasteiger partial charge in [-0.2, -0.15) is 10.4 Å². The van der Waals surface area contributed by atoms with Gasteiger partial charge in [-0.15, -0.1) is 5.10 Å². The molecule has 4 rings (SSSR count). The molecule has 1 aromatic carbocycles. The van der Waals surface area contributed by atoms with Gasteiger partial charge >= 0.3 is 0 Å². The summed E-state index contributed by atoms with van der Waals surface area (Å²) in [4.78, 5) is 5.03. The molecule has 1 saturated heterocycles. The second kappa shape index (κ2) is 7.53. The van der Waals surface area contributed by atoms with Gasteiger partial charge in [-0.05, 0) is 56.4 Å². The summed E-state index contributed by atoms with van der Waals surface area (Å²) in [6.07, 6.45) is 2.83. The first-order valence-corrected chi connectivity index (χ1v) is 9.72. The summed E-state index contributed by atoms with van der Waals surface area (Å²) in [5, 5.41) is 21.1. The largest absolute Gasteiger partial charge is 0.369 e. The van der Waals surface area contributed by atoms with E-state index in [1.54, 1.807) is 0 Å². The average Bonchev–Trinajstić information content (AvgIpc) is 3.50. The minimum absolute atomic E-state index is 0.520. The summed E-state index contributed by atoms with van der Waals surface area (Å²) in [7, 11) is 0. The fourth-order valence-corrected chi connectivity index (χ4v) is 3.60. The highest BCUT2D eigenvalue weighted by Crippen LogP contribution is 2.30. The van der Waals surface area contributed by atoms with Gasteiger partial charge in [0.15, 0.2) is 5.82 Å². The van der Waals surface area contributed by atoms with Crippen molar-refractivity contribution in [2.24, 2.45) is 5.92 Å². The van der Waals surface area contributed by atoms with Crippen LogP contribution in [0.15, 0.2) is 24.3 Å². The number of nitrogens with zero attached hydrogens (tertiary/aromatic N) is 5. The monoisotopic (exact) mass is 362 g/mol. The predicted molar refractivity (Wildman–Crippen MR) is 107 cm³/mol. The minimum Gasteiger partial charge on any atom is -0.369 e. The Kier molecular flexibility index (Phi) is 4.95. The molecule has 1 aliphatic heterocycles. The maximum atomic E-state index is 9.48. The second-order valence-corrected chi connectivity index (χ2v) is 7.65. The number of nitriles is 1. The molecule has 1 aromatic heterocycles. The first-order chi connectivity index (χ1) is 13.1. The zero-order valence-corrected chi connectivity index (χ0v) is 16.1. The van der Waals surface area contributed by atoms with Crippen molar-refractivity contribution in [3.05, 3.63) is 41.1 Å². The van der Waals surface area contributed by atoms with E-state index in [0.717, 1.165) is 49.0 Å². The number of rotatable bonds is 5. The molecule has 1 N–H and O–H groups in total. The fourth-order valence-electron chi connectivity index (χ4n) is 3.60. The normalized spacial score (nSPS) is 17.6. The van der Waals surface area contributed by atoms with Crippen molar-refractivity contribution in [2.45, 2.75) is 26.7 Å². The number of hydrogen-bond donors (Lipinski definition) is 1. The summed E-state index contributed by atoms with van der Waals surface area (Å²) in [5.41, 5.74) is 4.36. The SMILES string of the molecule is Cc1nnc(Nc2cccc(N3CCN(CC4CC4)CC3)c2)c(C#N)c1C. The van der Waals surface area contributed by atoms with Crippen molar-refractivity contribution >= 4 is 17.2 Å². The molecule has 2 aliphatic rings. The third-order valence-electron chi connectivity index (χ3n) is 5.63. The highest BCUT2D eigenvalue weighted by atomic mass is 15.3. The molecule has 27 heavy (non-hydrogen) atoms. The molecular formula is C21H26N6. The third-order valence-corrected chi connectivity index (χ3v) is 5.63. The lowest BCUT2D eigenvalue weighted by molar-refractivity contribution is 0.248. The van der Waals surface area contributed by atoms with Crippen molar-refractivity contribution in [3.8, 4) is 6.07 Å². The van der Waals surface area contributed by atoms with Crippen LogP contribution in [0.5, 0.6) is 0 Å². The summed E-state index contributed by atoms with van der Waals surface area (Å²) in [6, 6.07) is 10.6. The zero-order chi connectivity index (χ0) is 18.8. The average molecular weight is 362 g/mol. The fraction of sp³-hybridized carbons (Fsp3) is 0.476. The highest BCUT2D eigenvalue weighted by Gasteiger charge is 2.26. The molecule has 140 valence electrons. The third kappa shape index (κ3) is 4.04. The van der Waals surface area contributed by atoms with E-state index in [4.69, 9.17) is 0 Å². The summed E-state index contributed by atoms with van der Waals surface area (Å²) in [5.74, 6) is 1.48. The van der Waals surface area contributed by atoms with Crippen LogP contribution in [0.1, 0.15) is 29.7 Å². The van der Waals surface area contributed by atoms with Gasteiger partial charge in [0.1, 0.15) is 11.6 Å². The molecule has 0 unspecified atom stereocenters. The van der Waals surface area contributed by atoms with Crippen molar-refractivity contribution < 1.29 is 0 Å². The van der Waals surface area contributed by atoms with E-state index in [0.29, 0.717) is 11.4 Å². The molecular weight excluding hydrogens is 336 g/mol. The first kappa shape index (κ1) is 17.7. The van der Waals surface area contributed by atoms with Gasteiger partial charge in [0.2, 0.25) is 0 Å². The van der Waals surface area contributed by atoms with Crippen LogP contribution in [0.3, 0.4) is 0 Å². The van der Waals surface area contributed by atoms with Crippen LogP contribution < -0.4 is 10.2 Å². The maximum absolute atomic E-state index is 9.48. The topological polar surface area (TPSA) is 68.1 Å². The molecule has 0 atom stereocenters. The Hall–Kier alpha value is -2.65. The molecule has 1 aliphatic carbocycles. The zero-order valence-electron chi connectivity index (χ0n) is 16.1. The van der Waals surface area contributed by atoms with Crippen molar-refractivity contribution in [2.75, 3.05) is 42.9 Å². The molecule has 2 aromatic rings. The lowest BCUT2D eigenvalue weighted by Crippen LogP contribution is -2.47. The standard InChI is InChI=1S/C21H26N6/c1-15-16(2)24-25-21(20(15)13-22)23-18-4-3-5-19(12-18)27-10-8-26(9-11-27)14-17-6-7-17/h3-5,12,17H,6-11,14H2,1-2H3,(H,23,25). The van der Waals surface area contributed by atoms with Crippen molar-refractivity contribution in [1.29, 1.82) is 5.26 Å². The van der Waals surface area contributed by atoms with Crippen molar-refractivity contribution in [1.82, 2.24) is 15.1 Å². The number of nitrogens with one attached hydrogen (secondary N) is 1. The molecule has 6 nitrogen and oxygen atoms in total. The molecule has 1 saturated carbocycles. The van der Waals surface area contributed by atoms with E-state index in [-0.39, 0.29) is 0 Å². The molecule has 2 heterocycles. The number of benzene rings is 1. The Morgan fingerprint density at radius 2 is 1.93 bits per heavy atom. The molecule has 0 radical (unpaired) electrons. The number of hydrogen-bond acceptors (Lipinski definition) is 6. The van der Waals surface area contributed by atoms with Crippen LogP contribution in [-0.4, -0.2) is 47.8 Å². The van der Waals surface area contributed by atoms with Crippen LogP contribution in [0.25, 0.3) is 0 Å². The molecule has 0 amide bonds.